The summed E-state index contributed by atoms with van der Waals surface area (Å²) >= 11 is 6.03. The second-order valence-electron chi connectivity index (χ2n) is 12.5. The molecule has 10 nitrogen and oxygen atoms in total. The van der Waals surface area contributed by atoms with Crippen LogP contribution in [-0.4, -0.2) is 66.6 Å². The van der Waals surface area contributed by atoms with Crippen LogP contribution in [0.25, 0.3) is 22.3 Å². The van der Waals surface area contributed by atoms with E-state index < -0.39 is 23.2 Å². The molecule has 1 amide bonds. The standard InChI is InChI=1S/C33H36ClFN6O4/c1-18(2)30(42)22-16-36-26-10-9-25(19-13-23(34)31(43)24(35)14-19)39-29(26)28(22)38-20-8-11-27(37-15-20)40-12-6-7-21(17-40)41(32(44)45)33(3,4)5/h8-11,13-16,18,21,43H,6-7,12,17H2,1-5H3,(H,36,38)(H,44,45)/t21-/m1/s1. The molecule has 0 radical (unpaired) electrons. The number of hydrogen-bond donors (Lipinski definition) is 3. The molecule has 1 atom stereocenters. The Hall–Kier alpha value is -4.51. The van der Waals surface area contributed by atoms with Gasteiger partial charge in [0.15, 0.2) is 17.3 Å². The number of nitrogens with zero attached hydrogens (tertiary/aromatic N) is 5. The summed E-state index contributed by atoms with van der Waals surface area (Å²) < 4.78 is 14.3. The molecule has 1 aliphatic heterocycles. The summed E-state index contributed by atoms with van der Waals surface area (Å²) in [6, 6.07) is 9.49. The van der Waals surface area contributed by atoms with Crippen LogP contribution in [0.5, 0.6) is 5.75 Å². The minimum absolute atomic E-state index is 0.136. The number of carboxylic acid groups (broad SMARTS) is 1. The number of fused-ring (bicyclic) bond motifs is 1. The van der Waals surface area contributed by atoms with Crippen LogP contribution >= 0.6 is 11.6 Å². The Balaban J connectivity index is 1.49. The molecular weight excluding hydrogens is 599 g/mol. The molecule has 3 aromatic heterocycles. The summed E-state index contributed by atoms with van der Waals surface area (Å²) in [7, 11) is 0. The highest BCUT2D eigenvalue weighted by atomic mass is 35.5. The Kier molecular flexibility index (Phi) is 8.84. The average Bonchev–Trinajstić information content (AvgIpc) is 2.98. The molecule has 0 bridgehead atoms. The van der Waals surface area contributed by atoms with Crippen LogP contribution < -0.4 is 10.2 Å². The molecule has 0 saturated carbocycles. The summed E-state index contributed by atoms with van der Waals surface area (Å²) in [5.74, 6) is -1.25. The van der Waals surface area contributed by atoms with Gasteiger partial charge < -0.3 is 20.4 Å². The highest BCUT2D eigenvalue weighted by molar-refractivity contribution is 6.32. The van der Waals surface area contributed by atoms with Crippen LogP contribution in [0.15, 0.2) is 48.8 Å². The number of amides is 1. The Labute approximate surface area is 265 Å². The van der Waals surface area contributed by atoms with Crippen molar-refractivity contribution in [2.45, 2.75) is 59.0 Å². The van der Waals surface area contributed by atoms with Gasteiger partial charge in [0.05, 0.1) is 45.4 Å². The van der Waals surface area contributed by atoms with Crippen molar-refractivity contribution in [3.8, 4) is 17.0 Å². The fraction of sp³-hybridized carbons (Fsp3) is 0.364. The monoisotopic (exact) mass is 634 g/mol. The van der Waals surface area contributed by atoms with Crippen molar-refractivity contribution >= 4 is 51.7 Å². The lowest BCUT2D eigenvalue weighted by atomic mass is 9.97. The van der Waals surface area contributed by atoms with Crippen LogP contribution in [-0.2, 0) is 0 Å². The molecule has 0 spiro atoms. The van der Waals surface area contributed by atoms with Crippen molar-refractivity contribution in [1.29, 1.82) is 0 Å². The number of aromatic hydroxyl groups is 1. The van der Waals surface area contributed by atoms with Crippen LogP contribution in [0.4, 0.5) is 26.4 Å². The number of pyridine rings is 3. The van der Waals surface area contributed by atoms with Crippen LogP contribution in [0.1, 0.15) is 57.8 Å². The largest absolute Gasteiger partial charge is 0.504 e. The molecule has 45 heavy (non-hydrogen) atoms. The fourth-order valence-electron chi connectivity index (χ4n) is 5.72. The van der Waals surface area contributed by atoms with Crippen molar-refractivity contribution in [2.24, 2.45) is 5.92 Å². The van der Waals surface area contributed by atoms with Gasteiger partial charge in [-0.05, 0) is 70.0 Å². The number of anilines is 3. The third kappa shape index (κ3) is 6.63. The first-order valence-corrected chi connectivity index (χ1v) is 15.1. The Morgan fingerprint density at radius 1 is 1.13 bits per heavy atom. The Morgan fingerprint density at radius 2 is 1.89 bits per heavy atom. The minimum atomic E-state index is -0.936. The Bertz CT molecular complexity index is 1740. The summed E-state index contributed by atoms with van der Waals surface area (Å²) in [5, 5.41) is 22.9. The highest BCUT2D eigenvalue weighted by Gasteiger charge is 2.36. The van der Waals surface area contributed by atoms with E-state index in [0.717, 1.165) is 25.5 Å². The van der Waals surface area contributed by atoms with E-state index in [4.69, 9.17) is 16.6 Å². The number of Topliss-reactive ketones (excluding diaryl/α,β-unsaturated/α-hetero) is 1. The maximum atomic E-state index is 14.3. The lowest BCUT2D eigenvalue weighted by Crippen LogP contribution is -2.57. The van der Waals surface area contributed by atoms with Gasteiger partial charge in [0.25, 0.3) is 0 Å². The number of carbonyl (C=O) groups is 2. The summed E-state index contributed by atoms with van der Waals surface area (Å²) in [4.78, 5) is 42.9. The molecule has 1 saturated heterocycles. The molecule has 4 aromatic rings. The first-order valence-electron chi connectivity index (χ1n) is 14.8. The van der Waals surface area contributed by atoms with Gasteiger partial charge in [-0.15, -0.1) is 0 Å². The van der Waals surface area contributed by atoms with Gasteiger partial charge in [0.1, 0.15) is 11.3 Å². The number of ketones is 1. The number of piperidine rings is 1. The van der Waals surface area contributed by atoms with Gasteiger partial charge in [-0.25, -0.2) is 19.2 Å². The number of halogens is 2. The summed E-state index contributed by atoms with van der Waals surface area (Å²) in [5.41, 5.74) is 2.47. The number of phenolic OH excluding ortho intramolecular Hbond substituents is 1. The van der Waals surface area contributed by atoms with E-state index in [0.29, 0.717) is 51.6 Å². The minimum Gasteiger partial charge on any atom is -0.504 e. The molecule has 1 fully saturated rings. The van der Waals surface area contributed by atoms with E-state index in [1.54, 1.807) is 32.2 Å². The molecule has 1 aromatic carbocycles. The van der Waals surface area contributed by atoms with Crippen molar-refractivity contribution in [1.82, 2.24) is 19.9 Å². The quantitative estimate of drug-likeness (QED) is 0.177. The van der Waals surface area contributed by atoms with Crippen molar-refractivity contribution in [3.05, 3.63) is 65.2 Å². The summed E-state index contributed by atoms with van der Waals surface area (Å²) in [6.07, 6.45) is 3.85. The molecule has 3 N–H and O–H groups in total. The van der Waals surface area contributed by atoms with Crippen molar-refractivity contribution in [2.75, 3.05) is 23.3 Å². The van der Waals surface area contributed by atoms with Gasteiger partial charge in [-0.2, -0.15) is 0 Å². The van der Waals surface area contributed by atoms with Gasteiger partial charge in [0, 0.05) is 36.3 Å². The Morgan fingerprint density at radius 3 is 2.51 bits per heavy atom. The maximum Gasteiger partial charge on any atom is 0.408 e. The topological polar surface area (TPSA) is 132 Å². The first kappa shape index (κ1) is 31.9. The van der Waals surface area contributed by atoms with E-state index in [1.807, 2.05) is 32.9 Å². The molecule has 4 heterocycles. The van der Waals surface area contributed by atoms with Gasteiger partial charge >= 0.3 is 6.09 Å². The predicted molar refractivity (Wildman–Crippen MR) is 173 cm³/mol. The number of phenols is 1. The lowest BCUT2D eigenvalue weighted by Gasteiger charge is -2.44. The van der Waals surface area contributed by atoms with Gasteiger partial charge in [-0.3, -0.25) is 14.7 Å². The van der Waals surface area contributed by atoms with Gasteiger partial charge in [0.2, 0.25) is 0 Å². The van der Waals surface area contributed by atoms with E-state index in [-0.39, 0.29) is 22.8 Å². The number of nitrogens with one attached hydrogen (secondary N) is 1. The zero-order valence-electron chi connectivity index (χ0n) is 25.8. The highest BCUT2D eigenvalue weighted by Crippen LogP contribution is 2.35. The number of benzene rings is 1. The number of rotatable bonds is 7. The van der Waals surface area contributed by atoms with Crippen molar-refractivity contribution < 1.29 is 24.2 Å². The molecule has 0 aliphatic carbocycles. The van der Waals surface area contributed by atoms with E-state index in [2.05, 4.69) is 20.2 Å². The second kappa shape index (κ2) is 12.5. The average molecular weight is 635 g/mol. The predicted octanol–water partition coefficient (Wildman–Crippen LogP) is 7.52. The van der Waals surface area contributed by atoms with E-state index >= 15 is 0 Å². The van der Waals surface area contributed by atoms with Crippen molar-refractivity contribution in [3.63, 3.8) is 0 Å². The molecule has 5 rings (SSSR count). The van der Waals surface area contributed by atoms with Gasteiger partial charge in [-0.1, -0.05) is 25.4 Å². The van der Waals surface area contributed by atoms with Crippen LogP contribution in [0.3, 0.4) is 0 Å². The lowest BCUT2D eigenvalue weighted by molar-refractivity contribution is 0.0647. The third-order valence-electron chi connectivity index (χ3n) is 7.85. The summed E-state index contributed by atoms with van der Waals surface area (Å²) in [6.45, 7) is 10.6. The van der Waals surface area contributed by atoms with E-state index in [9.17, 15) is 24.2 Å². The molecule has 12 heteroatoms. The zero-order chi connectivity index (χ0) is 32.6. The number of hydrogen-bond acceptors (Lipinski definition) is 8. The zero-order valence-corrected chi connectivity index (χ0v) is 26.6. The normalized spacial score (nSPS) is 15.4. The molecule has 236 valence electrons. The molecule has 0 unspecified atom stereocenters. The molecule has 1 aliphatic rings. The second-order valence-corrected chi connectivity index (χ2v) is 12.9. The van der Waals surface area contributed by atoms with Crippen LogP contribution in [0, 0.1) is 11.7 Å². The molecular formula is C33H36ClFN6O4. The van der Waals surface area contributed by atoms with E-state index in [1.165, 1.54) is 17.2 Å². The number of aromatic nitrogens is 3. The first-order chi connectivity index (χ1) is 21.2. The third-order valence-corrected chi connectivity index (χ3v) is 8.14. The SMILES string of the molecule is CC(C)C(=O)c1cnc2ccc(-c3cc(F)c(O)c(Cl)c3)nc2c1Nc1ccc(N2CCC[C@@H](N(C(=O)O)C(C)(C)C)C2)nc1. The maximum absolute atomic E-state index is 14.3. The fourth-order valence-corrected chi connectivity index (χ4v) is 5.93. The van der Waals surface area contributed by atoms with Crippen LogP contribution in [0.2, 0.25) is 5.02 Å². The number of carbonyl (C=O) groups excluding carboxylic acids is 1. The smallest absolute Gasteiger partial charge is 0.408 e.